The molecule has 1 aliphatic rings. The van der Waals surface area contributed by atoms with E-state index in [9.17, 15) is 4.79 Å². The molecule has 0 radical (unpaired) electrons. The second kappa shape index (κ2) is 13.5. The topological polar surface area (TPSA) is 32.4 Å². The second-order valence-corrected chi connectivity index (χ2v) is 12.6. The van der Waals surface area contributed by atoms with Crippen LogP contribution in [0.3, 0.4) is 0 Å². The van der Waals surface area contributed by atoms with Gasteiger partial charge in [0.25, 0.3) is 5.82 Å². The highest BCUT2D eigenvalue weighted by molar-refractivity contribution is 6.43. The number of allylic oxidation sites excluding steroid dienone is 2. The molecule has 0 saturated heterocycles. The lowest BCUT2D eigenvalue weighted by atomic mass is 10.0. The number of halogens is 4. The van der Waals surface area contributed by atoms with Crippen molar-refractivity contribution in [3.63, 3.8) is 0 Å². The predicted octanol–water partition coefficient (Wildman–Crippen LogP) is 10.1. The minimum absolute atomic E-state index is 0.00123. The van der Waals surface area contributed by atoms with Crippen LogP contribution in [0.15, 0.2) is 96.8 Å². The van der Waals surface area contributed by atoms with Crippen LogP contribution < -0.4 is 14.4 Å². The monoisotopic (exact) mass is 689 g/mol. The van der Waals surface area contributed by atoms with E-state index in [0.717, 1.165) is 59.3 Å². The van der Waals surface area contributed by atoms with Gasteiger partial charge in [-0.15, -0.1) is 0 Å². The van der Waals surface area contributed by atoms with Gasteiger partial charge in [-0.1, -0.05) is 107 Å². The lowest BCUT2D eigenvalue weighted by molar-refractivity contribution is -0.665. The van der Waals surface area contributed by atoms with Gasteiger partial charge in [0.2, 0.25) is 0 Å². The molecule has 6 rings (SSSR count). The fourth-order valence-electron chi connectivity index (χ4n) is 6.15. The largest absolute Gasteiger partial charge is 0.326 e. The molecule has 0 unspecified atom stereocenters. The van der Waals surface area contributed by atoms with Crippen molar-refractivity contribution in [1.82, 2.24) is 4.57 Å². The summed E-state index contributed by atoms with van der Waals surface area (Å²) in [4.78, 5) is 17.5. The smallest absolute Gasteiger partial charge is 0.282 e. The number of hydrogen-bond donors (Lipinski definition) is 0. The summed E-state index contributed by atoms with van der Waals surface area (Å²) in [6.45, 7) is 9.21. The van der Waals surface area contributed by atoms with E-state index < -0.39 is 0 Å². The van der Waals surface area contributed by atoms with Crippen molar-refractivity contribution in [2.75, 3.05) is 22.9 Å². The number of hydrogen-bond acceptors (Lipinski definition) is 3. The van der Waals surface area contributed by atoms with Crippen molar-refractivity contribution in [2.45, 2.75) is 33.9 Å². The summed E-state index contributed by atoms with van der Waals surface area (Å²) in [7, 11) is 0. The molecular formula is C37H33Cl4N4O+. The average molecular weight is 692 g/mol. The van der Waals surface area contributed by atoms with Crippen LogP contribution in [-0.4, -0.2) is 23.4 Å². The number of aryl methyl sites for hydroxylation is 1. The Bertz CT molecular complexity index is 1960. The molecule has 4 aromatic carbocycles. The van der Waals surface area contributed by atoms with Crippen molar-refractivity contribution >= 4 is 80.7 Å². The first-order valence-corrected chi connectivity index (χ1v) is 16.8. The van der Waals surface area contributed by atoms with Crippen LogP contribution in [0.4, 0.5) is 11.4 Å². The number of imidazole rings is 1. The summed E-state index contributed by atoms with van der Waals surface area (Å²) in [6.07, 6.45) is 6.33. The van der Waals surface area contributed by atoms with Crippen molar-refractivity contribution in [3.05, 3.63) is 139 Å². The molecule has 2 heterocycles. The molecule has 1 aliphatic heterocycles. The predicted molar refractivity (Wildman–Crippen MR) is 193 cm³/mol. The molecule has 5 aromatic rings. The van der Waals surface area contributed by atoms with Crippen LogP contribution in [0.1, 0.15) is 48.1 Å². The molecule has 0 amide bonds. The molecule has 46 heavy (non-hydrogen) atoms. The Labute approximate surface area is 289 Å². The van der Waals surface area contributed by atoms with Crippen molar-refractivity contribution in [2.24, 2.45) is 0 Å². The highest BCUT2D eigenvalue weighted by atomic mass is 35.5. The Balaban J connectivity index is 1.40. The lowest BCUT2D eigenvalue weighted by Crippen LogP contribution is -2.37. The molecular weight excluding hydrogens is 658 g/mol. The summed E-state index contributed by atoms with van der Waals surface area (Å²) in [6, 6.07) is 24.9. The fraction of sp³-hybridized carbons (Fsp3) is 0.189. The zero-order valence-electron chi connectivity index (χ0n) is 25.8. The Morgan fingerprint density at radius 2 is 1.28 bits per heavy atom. The summed E-state index contributed by atoms with van der Waals surface area (Å²) >= 11 is 25.9. The van der Waals surface area contributed by atoms with Gasteiger partial charge < -0.3 is 9.80 Å². The van der Waals surface area contributed by atoms with E-state index in [4.69, 9.17) is 46.4 Å². The van der Waals surface area contributed by atoms with Crippen LogP contribution in [0.5, 0.6) is 0 Å². The van der Waals surface area contributed by atoms with E-state index in [1.54, 1.807) is 0 Å². The Morgan fingerprint density at radius 3 is 1.87 bits per heavy atom. The van der Waals surface area contributed by atoms with E-state index in [2.05, 4.69) is 57.9 Å². The van der Waals surface area contributed by atoms with Gasteiger partial charge in [-0.25, -0.2) is 9.13 Å². The first-order chi connectivity index (χ1) is 22.2. The second-order valence-electron chi connectivity index (χ2n) is 11.0. The van der Waals surface area contributed by atoms with Gasteiger partial charge in [-0.05, 0) is 44.5 Å². The maximum absolute atomic E-state index is 13.0. The normalized spacial score (nSPS) is 12.9. The Hall–Kier alpha value is -3.74. The van der Waals surface area contributed by atoms with Gasteiger partial charge in [0.15, 0.2) is 16.8 Å². The van der Waals surface area contributed by atoms with Crippen molar-refractivity contribution in [3.8, 4) is 0 Å². The zero-order chi connectivity index (χ0) is 32.5. The van der Waals surface area contributed by atoms with E-state index in [1.807, 2.05) is 78.9 Å². The number of nitrogens with zero attached hydrogens (tertiary/aromatic N) is 4. The number of anilines is 2. The molecule has 0 bridgehead atoms. The summed E-state index contributed by atoms with van der Waals surface area (Å²) in [5.74, 6) is 2.04. The van der Waals surface area contributed by atoms with Crippen molar-refractivity contribution < 1.29 is 9.36 Å². The van der Waals surface area contributed by atoms with Gasteiger partial charge >= 0.3 is 0 Å². The maximum Gasteiger partial charge on any atom is 0.282 e. The molecule has 0 aliphatic carbocycles. The van der Waals surface area contributed by atoms with E-state index in [1.165, 1.54) is 0 Å². The average Bonchev–Trinajstić information content (AvgIpc) is 3.51. The Kier molecular flexibility index (Phi) is 9.49. The third kappa shape index (κ3) is 5.93. The lowest BCUT2D eigenvalue weighted by Gasteiger charge is -2.23. The minimum atomic E-state index is 0.00123. The fourth-order valence-corrected chi connectivity index (χ4v) is 6.78. The standard InChI is InChI=1S/C37H33Cl4N4O/c1-4-42-31-19-27(38)28(39)20-32(31)43(5-2)35(42)13-10-14-36-44(6-3)33-21-29(40)30(41)22-34(33)45(36)23-24-15-17-26(18-16-24)37(46)25-11-8-7-9-12-25/h7-22H,4-6,23H2,1-3H3/q+1. The van der Waals surface area contributed by atoms with Crippen LogP contribution in [0.2, 0.25) is 20.1 Å². The highest BCUT2D eigenvalue weighted by Gasteiger charge is 2.30. The minimum Gasteiger partial charge on any atom is -0.326 e. The SMILES string of the molecule is CCN1C(=CC=Cc2n(CC)c3cc(Cl)c(Cl)cc3[n+]2Cc2ccc(C(=O)c3ccccc3)cc2)N(CC)c2cc(Cl)c(Cl)cc21. The number of ketones is 1. The summed E-state index contributed by atoms with van der Waals surface area (Å²) < 4.78 is 4.47. The zero-order valence-corrected chi connectivity index (χ0v) is 28.8. The van der Waals surface area contributed by atoms with Gasteiger partial charge in [-0.2, -0.15) is 0 Å². The van der Waals surface area contributed by atoms with E-state index in [0.29, 0.717) is 37.8 Å². The molecule has 5 nitrogen and oxygen atoms in total. The third-order valence-corrected chi connectivity index (χ3v) is 9.78. The first-order valence-electron chi connectivity index (χ1n) is 15.3. The van der Waals surface area contributed by atoms with Gasteiger partial charge in [0.1, 0.15) is 12.4 Å². The maximum atomic E-state index is 13.0. The summed E-state index contributed by atoms with van der Waals surface area (Å²) in [5.41, 5.74) is 6.41. The number of carbonyl (C=O) groups is 1. The molecule has 0 fully saturated rings. The molecule has 1 aromatic heterocycles. The van der Waals surface area contributed by atoms with Gasteiger partial charge in [-0.3, -0.25) is 4.79 Å². The number of benzene rings is 4. The van der Waals surface area contributed by atoms with E-state index in [-0.39, 0.29) is 5.78 Å². The van der Waals surface area contributed by atoms with Gasteiger partial charge in [0.05, 0.1) is 38.0 Å². The first kappa shape index (κ1) is 32.2. The number of rotatable bonds is 9. The molecule has 9 heteroatoms. The highest BCUT2D eigenvalue weighted by Crippen LogP contribution is 2.45. The third-order valence-electron chi connectivity index (χ3n) is 8.34. The molecule has 0 N–H and O–H groups in total. The molecule has 0 saturated carbocycles. The van der Waals surface area contributed by atoms with Gasteiger partial charge in [0, 0.05) is 42.4 Å². The van der Waals surface area contributed by atoms with E-state index >= 15 is 0 Å². The van der Waals surface area contributed by atoms with Crippen LogP contribution >= 0.6 is 46.4 Å². The molecule has 0 atom stereocenters. The molecule has 234 valence electrons. The number of fused-ring (bicyclic) bond motifs is 2. The quantitative estimate of drug-likeness (QED) is 0.114. The number of aromatic nitrogens is 2. The number of carbonyl (C=O) groups excluding carboxylic acids is 1. The van der Waals surface area contributed by atoms with Crippen molar-refractivity contribution in [1.29, 1.82) is 0 Å². The summed E-state index contributed by atoms with van der Waals surface area (Å²) in [5, 5.41) is 2.08. The van der Waals surface area contributed by atoms with Crippen LogP contribution in [0.25, 0.3) is 17.1 Å². The van der Waals surface area contributed by atoms with Crippen LogP contribution in [0, 0.1) is 0 Å². The Morgan fingerprint density at radius 1 is 0.717 bits per heavy atom. The van der Waals surface area contributed by atoms with Crippen LogP contribution in [-0.2, 0) is 13.1 Å². The molecule has 0 spiro atoms.